The molecular formula is C14H22N6. The summed E-state index contributed by atoms with van der Waals surface area (Å²) in [6, 6.07) is 0.680. The number of nitrogens with one attached hydrogen (secondary N) is 1. The van der Waals surface area contributed by atoms with Gasteiger partial charge in [-0.2, -0.15) is 5.10 Å². The summed E-state index contributed by atoms with van der Waals surface area (Å²) in [5, 5.41) is 8.40. The lowest BCUT2D eigenvalue weighted by molar-refractivity contribution is 0.234. The number of aromatic nitrogens is 4. The second-order valence-corrected chi connectivity index (χ2v) is 5.42. The molecule has 1 aliphatic heterocycles. The quantitative estimate of drug-likeness (QED) is 0.921. The second-order valence-electron chi connectivity index (χ2n) is 5.42. The van der Waals surface area contributed by atoms with E-state index in [1.54, 1.807) is 0 Å². The zero-order chi connectivity index (χ0) is 14.1. The lowest BCUT2D eigenvalue weighted by atomic mass is 10.2. The van der Waals surface area contributed by atoms with Gasteiger partial charge in [0.2, 0.25) is 0 Å². The largest absolute Gasteiger partial charge is 0.372 e. The summed E-state index contributed by atoms with van der Waals surface area (Å²) >= 11 is 0. The predicted molar refractivity (Wildman–Crippen MR) is 79.6 cm³/mol. The molecule has 1 aliphatic rings. The molecule has 2 aromatic rings. The zero-order valence-corrected chi connectivity index (χ0v) is 12.4. The lowest BCUT2D eigenvalue weighted by Gasteiger charge is -2.22. The molecule has 1 fully saturated rings. The number of hydrogen-bond acceptors (Lipinski definition) is 5. The molecule has 0 aromatic carbocycles. The molecule has 6 heteroatoms. The van der Waals surface area contributed by atoms with Crippen LogP contribution < -0.4 is 5.32 Å². The molecule has 0 bridgehead atoms. The van der Waals surface area contributed by atoms with E-state index in [0.29, 0.717) is 6.04 Å². The van der Waals surface area contributed by atoms with Gasteiger partial charge in [0.15, 0.2) is 5.65 Å². The molecule has 108 valence electrons. The number of fused-ring (bicyclic) bond motifs is 1. The number of rotatable bonds is 4. The summed E-state index contributed by atoms with van der Waals surface area (Å²) in [6.45, 7) is 4.24. The van der Waals surface area contributed by atoms with Crippen molar-refractivity contribution in [3.05, 3.63) is 12.0 Å². The molecule has 0 amide bonds. The van der Waals surface area contributed by atoms with E-state index < -0.39 is 0 Å². The average Bonchev–Trinajstić information content (AvgIpc) is 3.05. The Morgan fingerprint density at radius 2 is 2.25 bits per heavy atom. The van der Waals surface area contributed by atoms with Gasteiger partial charge in [-0.1, -0.05) is 6.92 Å². The Balaban J connectivity index is 1.93. The van der Waals surface area contributed by atoms with Crippen molar-refractivity contribution in [2.24, 2.45) is 7.05 Å². The molecule has 1 N–H and O–H groups in total. The third-order valence-corrected chi connectivity index (χ3v) is 4.19. The van der Waals surface area contributed by atoms with Crippen molar-refractivity contribution in [3.8, 4) is 0 Å². The summed E-state index contributed by atoms with van der Waals surface area (Å²) < 4.78 is 1.81. The van der Waals surface area contributed by atoms with Crippen molar-refractivity contribution in [1.82, 2.24) is 24.6 Å². The van der Waals surface area contributed by atoms with E-state index in [0.717, 1.165) is 35.8 Å². The van der Waals surface area contributed by atoms with Crippen LogP contribution in [-0.4, -0.2) is 44.3 Å². The molecule has 2 aromatic heterocycles. The second kappa shape index (κ2) is 5.36. The zero-order valence-electron chi connectivity index (χ0n) is 12.4. The van der Waals surface area contributed by atoms with Crippen LogP contribution in [0.1, 0.15) is 32.0 Å². The predicted octanol–water partition coefficient (Wildman–Crippen LogP) is 1.78. The van der Waals surface area contributed by atoms with E-state index in [1.165, 1.54) is 19.3 Å². The van der Waals surface area contributed by atoms with Gasteiger partial charge in [0.25, 0.3) is 0 Å². The fourth-order valence-corrected chi connectivity index (χ4v) is 3.08. The van der Waals surface area contributed by atoms with Gasteiger partial charge in [-0.3, -0.25) is 9.58 Å². The van der Waals surface area contributed by atoms with Gasteiger partial charge in [0.05, 0.1) is 18.1 Å². The van der Waals surface area contributed by atoms with Crippen molar-refractivity contribution < 1.29 is 0 Å². The number of likely N-dealkylation sites (tertiary alicyclic amines) is 1. The van der Waals surface area contributed by atoms with Crippen LogP contribution in [0.4, 0.5) is 5.82 Å². The van der Waals surface area contributed by atoms with Crippen LogP contribution in [0.2, 0.25) is 0 Å². The van der Waals surface area contributed by atoms with Crippen LogP contribution >= 0.6 is 0 Å². The smallest absolute Gasteiger partial charge is 0.163 e. The van der Waals surface area contributed by atoms with Crippen LogP contribution in [0.15, 0.2) is 6.20 Å². The highest BCUT2D eigenvalue weighted by Gasteiger charge is 2.24. The molecule has 0 spiro atoms. The molecule has 3 rings (SSSR count). The van der Waals surface area contributed by atoms with E-state index in [2.05, 4.69) is 32.2 Å². The van der Waals surface area contributed by atoms with Crippen molar-refractivity contribution in [3.63, 3.8) is 0 Å². The Bertz CT molecular complexity index is 605. The van der Waals surface area contributed by atoms with Crippen LogP contribution in [0, 0.1) is 0 Å². The van der Waals surface area contributed by atoms with E-state index in [1.807, 2.05) is 25.0 Å². The van der Waals surface area contributed by atoms with Crippen molar-refractivity contribution in [2.45, 2.75) is 38.8 Å². The first-order valence-electron chi connectivity index (χ1n) is 7.33. The number of nitrogens with zero attached hydrogens (tertiary/aromatic N) is 5. The highest BCUT2D eigenvalue weighted by molar-refractivity contribution is 5.86. The van der Waals surface area contributed by atoms with Crippen molar-refractivity contribution in [2.75, 3.05) is 18.9 Å². The topological polar surface area (TPSA) is 58.9 Å². The van der Waals surface area contributed by atoms with Gasteiger partial charge in [-0.05, 0) is 25.8 Å². The maximum Gasteiger partial charge on any atom is 0.163 e. The van der Waals surface area contributed by atoms with Crippen LogP contribution in [0.3, 0.4) is 0 Å². The Labute approximate surface area is 119 Å². The van der Waals surface area contributed by atoms with Gasteiger partial charge in [0.1, 0.15) is 11.6 Å². The summed E-state index contributed by atoms with van der Waals surface area (Å²) in [5.41, 5.74) is 0.895. The summed E-state index contributed by atoms with van der Waals surface area (Å²) in [4.78, 5) is 11.8. The molecule has 20 heavy (non-hydrogen) atoms. The number of anilines is 1. The van der Waals surface area contributed by atoms with E-state index in [-0.39, 0.29) is 0 Å². The summed E-state index contributed by atoms with van der Waals surface area (Å²) in [7, 11) is 3.81. The van der Waals surface area contributed by atoms with Crippen LogP contribution in [0.25, 0.3) is 11.0 Å². The van der Waals surface area contributed by atoms with Crippen LogP contribution in [-0.2, 0) is 13.6 Å². The third-order valence-electron chi connectivity index (χ3n) is 4.19. The minimum Gasteiger partial charge on any atom is -0.372 e. The molecule has 1 unspecified atom stereocenters. The number of aryl methyl sites for hydroxylation is 1. The maximum absolute atomic E-state index is 4.68. The number of hydrogen-bond donors (Lipinski definition) is 1. The van der Waals surface area contributed by atoms with Crippen molar-refractivity contribution in [1.29, 1.82) is 0 Å². The molecule has 6 nitrogen and oxygen atoms in total. The first kappa shape index (κ1) is 13.3. The molecule has 3 heterocycles. The van der Waals surface area contributed by atoms with Gasteiger partial charge in [-0.15, -0.1) is 0 Å². The van der Waals surface area contributed by atoms with E-state index >= 15 is 0 Å². The van der Waals surface area contributed by atoms with Gasteiger partial charge >= 0.3 is 0 Å². The van der Waals surface area contributed by atoms with Crippen molar-refractivity contribution >= 4 is 16.9 Å². The van der Waals surface area contributed by atoms with E-state index in [4.69, 9.17) is 0 Å². The minimum atomic E-state index is 0.680. The molecule has 1 atom stereocenters. The van der Waals surface area contributed by atoms with Crippen LogP contribution in [0.5, 0.6) is 0 Å². The third kappa shape index (κ3) is 2.24. The maximum atomic E-state index is 4.68. The Kier molecular flexibility index (Phi) is 3.56. The molecule has 0 aliphatic carbocycles. The Morgan fingerprint density at radius 1 is 1.40 bits per heavy atom. The van der Waals surface area contributed by atoms with Gasteiger partial charge in [-0.25, -0.2) is 9.97 Å². The SMILES string of the molecule is CCC1CCCN1Cc1nc(NC)c2cnn(C)c2n1. The fraction of sp³-hybridized carbons (Fsp3) is 0.643. The standard InChI is InChI=1S/C14H22N6/c1-4-10-6-5-7-20(10)9-12-17-13(15-2)11-8-16-19(3)14(11)18-12/h8,10H,4-7,9H2,1-3H3,(H,15,17,18). The van der Waals surface area contributed by atoms with Gasteiger partial charge in [0, 0.05) is 20.1 Å². The summed E-state index contributed by atoms with van der Waals surface area (Å²) in [5.74, 6) is 1.75. The molecule has 1 saturated heterocycles. The highest BCUT2D eigenvalue weighted by atomic mass is 15.3. The van der Waals surface area contributed by atoms with Gasteiger partial charge < -0.3 is 5.32 Å². The molecule has 0 radical (unpaired) electrons. The highest BCUT2D eigenvalue weighted by Crippen LogP contribution is 2.23. The fourth-order valence-electron chi connectivity index (χ4n) is 3.08. The molecular weight excluding hydrogens is 252 g/mol. The van der Waals surface area contributed by atoms with E-state index in [9.17, 15) is 0 Å². The average molecular weight is 274 g/mol. The first-order valence-corrected chi connectivity index (χ1v) is 7.33. The monoisotopic (exact) mass is 274 g/mol. The normalized spacial score (nSPS) is 19.9. The Morgan fingerprint density at radius 3 is 3.00 bits per heavy atom. The Hall–Kier alpha value is -1.69. The summed E-state index contributed by atoms with van der Waals surface area (Å²) in [6.07, 6.45) is 5.59. The molecule has 0 saturated carbocycles. The lowest BCUT2D eigenvalue weighted by Crippen LogP contribution is -2.29. The first-order chi connectivity index (χ1) is 9.72. The minimum absolute atomic E-state index is 0.680.